The Bertz CT molecular complexity index is 608. The van der Waals surface area contributed by atoms with Gasteiger partial charge in [0.05, 0.1) is 0 Å². The topological polar surface area (TPSA) is 78.3 Å². The molecule has 0 bridgehead atoms. The largest absolute Gasteiger partial charge is 0.480 e. The third-order valence-corrected chi connectivity index (χ3v) is 3.10. The molecule has 0 aliphatic rings. The van der Waals surface area contributed by atoms with Crippen molar-refractivity contribution in [1.29, 1.82) is 0 Å². The Morgan fingerprint density at radius 2 is 1.84 bits per heavy atom. The van der Waals surface area contributed by atoms with E-state index in [2.05, 4.69) is 0 Å². The van der Waals surface area contributed by atoms with Gasteiger partial charge in [-0.15, -0.1) is 0 Å². The summed E-state index contributed by atoms with van der Waals surface area (Å²) in [5, 5.41) is 1.98. The van der Waals surface area contributed by atoms with E-state index in [-0.39, 0.29) is 6.04 Å². The van der Waals surface area contributed by atoms with E-state index >= 15 is 0 Å². The number of fused-ring (bicyclic) bond motifs is 1. The second kappa shape index (κ2) is 5.28. The van der Waals surface area contributed by atoms with Crippen LogP contribution in [0.2, 0.25) is 0 Å². The van der Waals surface area contributed by atoms with Crippen LogP contribution in [0.3, 0.4) is 0 Å². The number of nitrogens with two attached hydrogens (primary N) is 2. The molecule has 2 unspecified atom stereocenters. The molecule has 100 valence electrons. The molecule has 0 saturated heterocycles. The standard InChI is InChI=1S/C15H18N2O2/c1-9(16)12-8-7-11-5-3-4-6-13(11)14(12)19-10(2)15(17)18/h3-10H,16H2,1-2H3,(H2,17,18). The van der Waals surface area contributed by atoms with E-state index in [1.165, 1.54) is 0 Å². The third-order valence-electron chi connectivity index (χ3n) is 3.10. The number of carbonyl (C=O) groups is 1. The molecule has 1 amide bonds. The number of amides is 1. The highest BCUT2D eigenvalue weighted by molar-refractivity contribution is 5.90. The maximum absolute atomic E-state index is 11.2. The van der Waals surface area contributed by atoms with Crippen LogP contribution in [0.5, 0.6) is 5.75 Å². The summed E-state index contributed by atoms with van der Waals surface area (Å²) in [5.41, 5.74) is 12.1. The molecule has 2 atom stereocenters. The highest BCUT2D eigenvalue weighted by Crippen LogP contribution is 2.33. The molecule has 19 heavy (non-hydrogen) atoms. The van der Waals surface area contributed by atoms with Crippen LogP contribution in [0.1, 0.15) is 25.5 Å². The molecule has 2 rings (SSSR count). The molecule has 0 fully saturated rings. The SMILES string of the molecule is CC(Oc1c(C(C)N)ccc2ccccc12)C(N)=O. The lowest BCUT2D eigenvalue weighted by Crippen LogP contribution is -2.31. The summed E-state index contributed by atoms with van der Waals surface area (Å²) in [5.74, 6) is 0.142. The number of hydrogen-bond donors (Lipinski definition) is 2. The van der Waals surface area contributed by atoms with Crippen molar-refractivity contribution in [2.24, 2.45) is 11.5 Å². The summed E-state index contributed by atoms with van der Waals surface area (Å²) in [7, 11) is 0. The number of hydrogen-bond acceptors (Lipinski definition) is 3. The van der Waals surface area contributed by atoms with Crippen LogP contribution >= 0.6 is 0 Å². The van der Waals surface area contributed by atoms with Gasteiger partial charge in [-0.05, 0) is 19.2 Å². The zero-order chi connectivity index (χ0) is 14.0. The van der Waals surface area contributed by atoms with E-state index < -0.39 is 12.0 Å². The van der Waals surface area contributed by atoms with Crippen LogP contribution in [-0.2, 0) is 4.79 Å². The second-order valence-corrected chi connectivity index (χ2v) is 4.66. The first-order valence-electron chi connectivity index (χ1n) is 6.24. The summed E-state index contributed by atoms with van der Waals surface area (Å²) in [4.78, 5) is 11.2. The molecule has 0 spiro atoms. The van der Waals surface area contributed by atoms with E-state index in [9.17, 15) is 4.79 Å². The van der Waals surface area contributed by atoms with Crippen molar-refractivity contribution >= 4 is 16.7 Å². The normalized spacial score (nSPS) is 14.1. The van der Waals surface area contributed by atoms with E-state index in [0.717, 1.165) is 16.3 Å². The Morgan fingerprint density at radius 3 is 2.47 bits per heavy atom. The number of benzene rings is 2. The molecule has 0 radical (unpaired) electrons. The molecular formula is C15H18N2O2. The van der Waals surface area contributed by atoms with Gasteiger partial charge < -0.3 is 16.2 Å². The van der Waals surface area contributed by atoms with Crippen LogP contribution in [0.4, 0.5) is 0 Å². The molecule has 4 heteroatoms. The maximum atomic E-state index is 11.2. The predicted octanol–water partition coefficient (Wildman–Crippen LogP) is 2.11. The minimum Gasteiger partial charge on any atom is -0.480 e. The van der Waals surface area contributed by atoms with Crippen LogP contribution in [0.25, 0.3) is 10.8 Å². The van der Waals surface area contributed by atoms with Crippen LogP contribution in [-0.4, -0.2) is 12.0 Å². The van der Waals surface area contributed by atoms with E-state index in [1.54, 1.807) is 6.92 Å². The molecule has 0 aliphatic carbocycles. The number of primary amides is 1. The van der Waals surface area contributed by atoms with Crippen LogP contribution < -0.4 is 16.2 Å². The van der Waals surface area contributed by atoms with Gasteiger partial charge in [-0.1, -0.05) is 36.4 Å². The van der Waals surface area contributed by atoms with Crippen molar-refractivity contribution in [3.8, 4) is 5.75 Å². The quantitative estimate of drug-likeness (QED) is 0.881. The molecule has 2 aromatic rings. The molecular weight excluding hydrogens is 240 g/mol. The van der Waals surface area contributed by atoms with E-state index in [0.29, 0.717) is 5.75 Å². The van der Waals surface area contributed by atoms with Gasteiger partial charge in [0.1, 0.15) is 5.75 Å². The molecule has 2 aromatic carbocycles. The van der Waals surface area contributed by atoms with Crippen LogP contribution in [0, 0.1) is 0 Å². The molecule has 0 aliphatic heterocycles. The highest BCUT2D eigenvalue weighted by Gasteiger charge is 2.17. The molecule has 0 aromatic heterocycles. The monoisotopic (exact) mass is 258 g/mol. The average molecular weight is 258 g/mol. The first-order chi connectivity index (χ1) is 9.00. The molecule has 4 nitrogen and oxygen atoms in total. The first kappa shape index (κ1) is 13.4. The fourth-order valence-electron chi connectivity index (χ4n) is 1.98. The Kier molecular flexibility index (Phi) is 3.71. The summed E-state index contributed by atoms with van der Waals surface area (Å²) in [6.45, 7) is 3.51. The zero-order valence-corrected chi connectivity index (χ0v) is 11.1. The summed E-state index contributed by atoms with van der Waals surface area (Å²) in [6.07, 6.45) is -0.691. The van der Waals surface area contributed by atoms with Crippen molar-refractivity contribution in [1.82, 2.24) is 0 Å². The van der Waals surface area contributed by atoms with Crippen LogP contribution in [0.15, 0.2) is 36.4 Å². The lowest BCUT2D eigenvalue weighted by molar-refractivity contribution is -0.123. The van der Waals surface area contributed by atoms with Crippen molar-refractivity contribution in [3.63, 3.8) is 0 Å². The van der Waals surface area contributed by atoms with Gasteiger partial charge in [0.2, 0.25) is 0 Å². The molecule has 4 N–H and O–H groups in total. The Labute approximate surface area is 112 Å². The minimum absolute atomic E-state index is 0.181. The summed E-state index contributed by atoms with van der Waals surface area (Å²) in [6, 6.07) is 11.6. The van der Waals surface area contributed by atoms with Crippen molar-refractivity contribution < 1.29 is 9.53 Å². The van der Waals surface area contributed by atoms with E-state index in [1.807, 2.05) is 43.3 Å². The summed E-state index contributed by atoms with van der Waals surface area (Å²) < 4.78 is 5.73. The maximum Gasteiger partial charge on any atom is 0.258 e. The highest BCUT2D eigenvalue weighted by atomic mass is 16.5. The Hall–Kier alpha value is -2.07. The average Bonchev–Trinajstić information content (AvgIpc) is 2.38. The van der Waals surface area contributed by atoms with Gasteiger partial charge >= 0.3 is 0 Å². The van der Waals surface area contributed by atoms with Crippen molar-refractivity contribution in [3.05, 3.63) is 42.0 Å². The van der Waals surface area contributed by atoms with Crippen molar-refractivity contribution in [2.45, 2.75) is 26.0 Å². The molecule has 0 heterocycles. The predicted molar refractivity (Wildman–Crippen MR) is 75.8 cm³/mol. The molecule has 0 saturated carbocycles. The van der Waals surface area contributed by atoms with Gasteiger partial charge in [-0.25, -0.2) is 0 Å². The first-order valence-corrected chi connectivity index (χ1v) is 6.24. The fourth-order valence-corrected chi connectivity index (χ4v) is 1.98. The second-order valence-electron chi connectivity index (χ2n) is 4.66. The van der Waals surface area contributed by atoms with E-state index in [4.69, 9.17) is 16.2 Å². The smallest absolute Gasteiger partial charge is 0.258 e. The van der Waals surface area contributed by atoms with Gasteiger partial charge in [0, 0.05) is 17.0 Å². The zero-order valence-electron chi connectivity index (χ0n) is 11.1. The van der Waals surface area contributed by atoms with Gasteiger partial charge in [-0.2, -0.15) is 0 Å². The number of carbonyl (C=O) groups excluding carboxylic acids is 1. The van der Waals surface area contributed by atoms with Gasteiger partial charge in [-0.3, -0.25) is 4.79 Å². The van der Waals surface area contributed by atoms with Gasteiger partial charge in [0.25, 0.3) is 5.91 Å². The Balaban J connectivity index is 2.59. The fraction of sp³-hybridized carbons (Fsp3) is 0.267. The lowest BCUT2D eigenvalue weighted by atomic mass is 10.0. The third kappa shape index (κ3) is 2.69. The van der Waals surface area contributed by atoms with Gasteiger partial charge in [0.15, 0.2) is 6.10 Å². The lowest BCUT2D eigenvalue weighted by Gasteiger charge is -2.19. The minimum atomic E-state index is -0.691. The summed E-state index contributed by atoms with van der Waals surface area (Å²) >= 11 is 0. The van der Waals surface area contributed by atoms with Crippen molar-refractivity contribution in [2.75, 3.05) is 0 Å². The number of ether oxygens (including phenoxy) is 1. The Morgan fingerprint density at radius 1 is 1.16 bits per heavy atom. The number of rotatable bonds is 4.